The number of thiol groups is 1. The van der Waals surface area contributed by atoms with E-state index in [4.69, 9.17) is 11.6 Å². The number of carbonyl (C=O) groups excluding carboxylic acids is 1. The first-order valence-corrected chi connectivity index (χ1v) is 11.8. The quantitative estimate of drug-likeness (QED) is 0.160. The molecule has 0 saturated carbocycles. The van der Waals surface area contributed by atoms with E-state index in [0.717, 1.165) is 17.2 Å². The average Bonchev–Trinajstić information content (AvgIpc) is 2.84. The van der Waals surface area contributed by atoms with Crippen LogP contribution in [0, 0.1) is 11.6 Å². The van der Waals surface area contributed by atoms with Crippen LogP contribution in [0.1, 0.15) is 27.9 Å². The second-order valence-corrected chi connectivity index (χ2v) is 8.70. The number of carbonyl (C=O) groups is 1. The van der Waals surface area contributed by atoms with E-state index >= 15 is 0 Å². The molecule has 34 heavy (non-hydrogen) atoms. The fourth-order valence-electron chi connectivity index (χ4n) is 3.60. The van der Waals surface area contributed by atoms with Crippen molar-refractivity contribution in [2.24, 2.45) is 0 Å². The van der Waals surface area contributed by atoms with Crippen molar-refractivity contribution in [1.29, 1.82) is 0 Å². The van der Waals surface area contributed by atoms with Crippen LogP contribution in [-0.4, -0.2) is 30.7 Å². The van der Waals surface area contributed by atoms with E-state index in [0.29, 0.717) is 17.3 Å². The monoisotopic (exact) mass is 501 g/mol. The molecule has 2 heterocycles. The molecule has 6 nitrogen and oxygen atoms in total. The lowest BCUT2D eigenvalue weighted by molar-refractivity contribution is 0.103. The number of aromatic nitrogens is 2. The zero-order chi connectivity index (χ0) is 24.2. The van der Waals surface area contributed by atoms with Crippen LogP contribution in [-0.2, 0) is 17.3 Å². The van der Waals surface area contributed by atoms with Gasteiger partial charge in [0, 0.05) is 47.2 Å². The van der Waals surface area contributed by atoms with Crippen molar-refractivity contribution in [2.45, 2.75) is 12.8 Å². The number of hydrogen-bond acceptors (Lipinski definition) is 5. The van der Waals surface area contributed by atoms with Gasteiger partial charge in [0.1, 0.15) is 0 Å². The summed E-state index contributed by atoms with van der Waals surface area (Å²) in [5, 5.41) is 0.441. The van der Waals surface area contributed by atoms with Gasteiger partial charge < -0.3 is 0 Å². The normalized spacial score (nSPS) is 11.3. The van der Waals surface area contributed by atoms with E-state index in [-0.39, 0.29) is 29.1 Å². The third-order valence-corrected chi connectivity index (χ3v) is 6.17. The summed E-state index contributed by atoms with van der Waals surface area (Å²) < 4.78 is 52.4. The van der Waals surface area contributed by atoms with Crippen LogP contribution in [0.3, 0.4) is 0 Å². The van der Waals surface area contributed by atoms with Gasteiger partial charge >= 0.3 is 0 Å². The van der Waals surface area contributed by atoms with Gasteiger partial charge in [-0.3, -0.25) is 14.8 Å². The number of ketones is 1. The molecule has 0 spiro atoms. The molecule has 0 unspecified atom stereocenters. The van der Waals surface area contributed by atoms with Gasteiger partial charge in [0.25, 0.3) is 0 Å². The number of nitrogens with one attached hydrogen (secondary N) is 1. The molecule has 0 fully saturated rings. The third kappa shape index (κ3) is 5.11. The molecular formula is C24H18ClF2N3O3S. The SMILES string of the molecule is O=C(c1ccc2ncc(-c3cccnc3)cc2c1)c1c(F)c(F)cc(CCCN[SH](=O)=O)c1Cl. The molecule has 0 radical (unpaired) electrons. The topological polar surface area (TPSA) is 89.0 Å². The van der Waals surface area contributed by atoms with Crippen molar-refractivity contribution >= 4 is 39.2 Å². The highest BCUT2D eigenvalue weighted by molar-refractivity contribution is 7.70. The molecule has 0 aliphatic rings. The summed E-state index contributed by atoms with van der Waals surface area (Å²) in [4.78, 5) is 21.7. The van der Waals surface area contributed by atoms with Crippen molar-refractivity contribution in [2.75, 3.05) is 6.54 Å². The summed E-state index contributed by atoms with van der Waals surface area (Å²) >= 11 is 6.31. The predicted octanol–water partition coefficient (Wildman–Crippen LogP) is 4.51. The Labute approximate surface area is 200 Å². The van der Waals surface area contributed by atoms with Gasteiger partial charge in [-0.05, 0) is 54.8 Å². The number of nitrogens with zero attached hydrogens (tertiary/aromatic N) is 2. The maximum atomic E-state index is 14.7. The first kappa shape index (κ1) is 23.9. The fraction of sp³-hybridized carbons (Fsp3) is 0.125. The van der Waals surface area contributed by atoms with Crippen LogP contribution < -0.4 is 4.72 Å². The lowest BCUT2D eigenvalue weighted by Crippen LogP contribution is -2.14. The minimum Gasteiger partial charge on any atom is -0.288 e. The van der Waals surface area contributed by atoms with Crippen LogP contribution in [0.15, 0.2) is 61.1 Å². The van der Waals surface area contributed by atoms with Crippen LogP contribution in [0.5, 0.6) is 0 Å². The van der Waals surface area contributed by atoms with Crippen molar-refractivity contribution < 1.29 is 22.0 Å². The highest BCUT2D eigenvalue weighted by Gasteiger charge is 2.24. The molecule has 4 aromatic rings. The minimum absolute atomic E-state index is 0.105. The van der Waals surface area contributed by atoms with Gasteiger partial charge in [-0.25, -0.2) is 21.9 Å². The van der Waals surface area contributed by atoms with Gasteiger partial charge in [-0.1, -0.05) is 17.7 Å². The minimum atomic E-state index is -2.76. The second kappa shape index (κ2) is 10.3. The van der Waals surface area contributed by atoms with E-state index in [1.165, 1.54) is 6.07 Å². The van der Waals surface area contributed by atoms with E-state index in [1.54, 1.807) is 36.8 Å². The van der Waals surface area contributed by atoms with Gasteiger partial charge in [0.2, 0.25) is 10.9 Å². The van der Waals surface area contributed by atoms with Crippen molar-refractivity contribution in [3.8, 4) is 11.1 Å². The first-order valence-electron chi connectivity index (χ1n) is 10.2. The Morgan fingerprint density at radius 3 is 2.62 bits per heavy atom. The van der Waals surface area contributed by atoms with Crippen molar-refractivity contribution in [1.82, 2.24) is 14.7 Å². The summed E-state index contributed by atoms with van der Waals surface area (Å²) in [5.41, 5.74) is 2.03. The lowest BCUT2D eigenvalue weighted by atomic mass is 9.97. The molecule has 10 heteroatoms. The Kier molecular flexibility index (Phi) is 7.26. The molecule has 0 saturated heterocycles. The zero-order valence-electron chi connectivity index (χ0n) is 17.6. The summed E-state index contributed by atoms with van der Waals surface area (Å²) in [7, 11) is -2.76. The number of fused-ring (bicyclic) bond motifs is 1. The molecule has 2 aromatic carbocycles. The molecule has 0 atom stereocenters. The van der Waals surface area contributed by atoms with Crippen molar-refractivity contribution in [3.63, 3.8) is 0 Å². The van der Waals surface area contributed by atoms with E-state index in [2.05, 4.69) is 14.7 Å². The smallest absolute Gasteiger partial charge is 0.201 e. The summed E-state index contributed by atoms with van der Waals surface area (Å²) in [5.74, 6) is -3.30. The van der Waals surface area contributed by atoms with Gasteiger partial charge in [0.05, 0.1) is 16.1 Å². The number of hydrogen-bond donors (Lipinski definition) is 2. The third-order valence-electron chi connectivity index (χ3n) is 5.26. The number of benzene rings is 2. The Hall–Kier alpha value is -3.27. The second-order valence-electron chi connectivity index (χ2n) is 7.49. The Balaban J connectivity index is 1.69. The van der Waals surface area contributed by atoms with E-state index in [1.807, 2.05) is 12.1 Å². The molecule has 0 bridgehead atoms. The molecule has 174 valence electrons. The standard InChI is InChI=1S/C24H18ClF2N3O3S/c25-22-14(3-2-8-30-34(32)33)11-19(26)23(27)21(22)24(31)15-5-6-20-17(9-15)10-18(13-29-20)16-4-1-7-28-12-16/h1,4-7,9-13,34H,2-3,8H2,(H,30,32,33). The van der Waals surface area contributed by atoms with E-state index < -0.39 is 33.9 Å². The number of pyridine rings is 2. The highest BCUT2D eigenvalue weighted by atomic mass is 35.5. The maximum Gasteiger partial charge on any atom is 0.201 e. The first-order chi connectivity index (χ1) is 16.3. The van der Waals surface area contributed by atoms with Crippen LogP contribution in [0.2, 0.25) is 5.02 Å². The molecule has 0 aliphatic heterocycles. The van der Waals surface area contributed by atoms with Crippen LogP contribution in [0.25, 0.3) is 22.0 Å². The largest absolute Gasteiger partial charge is 0.288 e. The molecule has 1 N–H and O–H groups in total. The van der Waals surface area contributed by atoms with Gasteiger partial charge in [0.15, 0.2) is 17.4 Å². The number of aryl methyl sites for hydroxylation is 1. The molecule has 4 rings (SSSR count). The molecule has 0 aliphatic carbocycles. The lowest BCUT2D eigenvalue weighted by Gasteiger charge is -2.12. The summed E-state index contributed by atoms with van der Waals surface area (Å²) in [6.07, 6.45) is 5.48. The average molecular weight is 502 g/mol. The van der Waals surface area contributed by atoms with Crippen LogP contribution in [0.4, 0.5) is 8.78 Å². The molecule has 0 amide bonds. The number of rotatable bonds is 8. The van der Waals surface area contributed by atoms with Gasteiger partial charge in [-0.15, -0.1) is 0 Å². The Morgan fingerprint density at radius 1 is 1.06 bits per heavy atom. The Bertz CT molecular complexity index is 1460. The zero-order valence-corrected chi connectivity index (χ0v) is 19.2. The molecular weight excluding hydrogens is 484 g/mol. The van der Waals surface area contributed by atoms with Crippen molar-refractivity contribution in [3.05, 3.63) is 94.4 Å². The highest BCUT2D eigenvalue weighted by Crippen LogP contribution is 2.30. The maximum absolute atomic E-state index is 14.7. The summed E-state index contributed by atoms with van der Waals surface area (Å²) in [6, 6.07) is 11.1. The molecule has 2 aromatic heterocycles. The van der Waals surface area contributed by atoms with Crippen LogP contribution >= 0.6 is 11.6 Å². The predicted molar refractivity (Wildman–Crippen MR) is 126 cm³/mol. The summed E-state index contributed by atoms with van der Waals surface area (Å²) in [6.45, 7) is 0.105. The Morgan fingerprint density at radius 2 is 1.88 bits per heavy atom. The van der Waals surface area contributed by atoms with Gasteiger partial charge in [-0.2, -0.15) is 0 Å². The van der Waals surface area contributed by atoms with E-state index in [9.17, 15) is 22.0 Å². The number of halogens is 3. The fourth-order valence-corrected chi connectivity index (χ4v) is 4.25.